The first-order chi connectivity index (χ1) is 15.6. The van der Waals surface area contributed by atoms with Crippen molar-refractivity contribution in [3.05, 3.63) is 70.2 Å². The maximum absolute atomic E-state index is 13.2. The van der Waals surface area contributed by atoms with Gasteiger partial charge in [-0.2, -0.15) is 13.2 Å². The monoisotopic (exact) mass is 481 g/mol. The Morgan fingerprint density at radius 1 is 1.12 bits per heavy atom. The summed E-state index contributed by atoms with van der Waals surface area (Å²) in [6.45, 7) is 0.593. The minimum absolute atomic E-state index is 0.0330. The number of nitrogens with zero attached hydrogens (tertiary/aromatic N) is 1. The lowest BCUT2D eigenvalue weighted by atomic mass is 10.0. The Bertz CT molecular complexity index is 1010. The van der Waals surface area contributed by atoms with E-state index >= 15 is 0 Å². The van der Waals surface area contributed by atoms with Crippen LogP contribution in [0.2, 0.25) is 5.02 Å². The molecule has 1 heterocycles. The molecule has 1 atom stereocenters. The van der Waals surface area contributed by atoms with E-state index < -0.39 is 23.7 Å². The van der Waals surface area contributed by atoms with E-state index in [1.807, 2.05) is 0 Å². The molecule has 176 valence electrons. The van der Waals surface area contributed by atoms with Crippen molar-refractivity contribution in [2.24, 2.45) is 0 Å². The fourth-order valence-corrected chi connectivity index (χ4v) is 3.67. The third-order valence-corrected chi connectivity index (χ3v) is 5.52. The van der Waals surface area contributed by atoms with Crippen LogP contribution in [0.15, 0.2) is 48.5 Å². The number of carbonyl (C=O) groups is 3. The second-order valence-electron chi connectivity index (χ2n) is 7.70. The van der Waals surface area contributed by atoms with Crippen molar-refractivity contribution in [3.63, 3.8) is 0 Å². The van der Waals surface area contributed by atoms with E-state index in [1.165, 1.54) is 17.0 Å². The van der Waals surface area contributed by atoms with E-state index in [1.54, 1.807) is 24.3 Å². The Balaban J connectivity index is 1.64. The normalized spacial score (nSPS) is 14.8. The molecule has 0 radical (unpaired) electrons. The fraction of sp³-hybridized carbons (Fsp3) is 0.348. The van der Waals surface area contributed by atoms with E-state index in [9.17, 15) is 27.6 Å². The summed E-state index contributed by atoms with van der Waals surface area (Å²) in [6, 6.07) is 10.1. The molecule has 3 amide bonds. The predicted molar refractivity (Wildman–Crippen MR) is 117 cm³/mol. The van der Waals surface area contributed by atoms with Gasteiger partial charge in [-0.05, 0) is 48.4 Å². The molecular weight excluding hydrogens is 459 g/mol. The summed E-state index contributed by atoms with van der Waals surface area (Å²) in [5.41, 5.74) is -0.195. The molecule has 3 rings (SSSR count). The number of halogens is 4. The van der Waals surface area contributed by atoms with Gasteiger partial charge in [0.1, 0.15) is 0 Å². The molecule has 0 aliphatic carbocycles. The first-order valence-corrected chi connectivity index (χ1v) is 10.8. The van der Waals surface area contributed by atoms with Crippen LogP contribution in [0.5, 0.6) is 0 Å². The molecule has 1 saturated heterocycles. The maximum atomic E-state index is 13.2. The third-order valence-electron chi connectivity index (χ3n) is 5.27. The number of nitrogens with one attached hydrogen (secondary N) is 2. The smallest absolute Gasteiger partial charge is 0.352 e. The van der Waals surface area contributed by atoms with Crippen molar-refractivity contribution >= 4 is 29.3 Å². The zero-order chi connectivity index (χ0) is 24.0. The second-order valence-corrected chi connectivity index (χ2v) is 8.14. The molecule has 2 N–H and O–H groups in total. The molecule has 1 fully saturated rings. The average molecular weight is 482 g/mol. The Morgan fingerprint density at radius 2 is 1.85 bits per heavy atom. The van der Waals surface area contributed by atoms with Crippen molar-refractivity contribution in [2.75, 3.05) is 19.6 Å². The number of hydrogen-bond donors (Lipinski definition) is 2. The molecule has 1 aliphatic rings. The lowest BCUT2D eigenvalue weighted by molar-refractivity contribution is -0.137. The molecule has 1 aliphatic heterocycles. The Hall–Kier alpha value is -3.07. The van der Waals surface area contributed by atoms with Crippen LogP contribution in [0.4, 0.5) is 13.2 Å². The molecule has 0 saturated carbocycles. The van der Waals surface area contributed by atoms with Gasteiger partial charge in [0.2, 0.25) is 11.8 Å². The van der Waals surface area contributed by atoms with Gasteiger partial charge in [-0.1, -0.05) is 23.7 Å². The van der Waals surface area contributed by atoms with Crippen molar-refractivity contribution < 1.29 is 27.6 Å². The molecule has 0 aromatic heterocycles. The summed E-state index contributed by atoms with van der Waals surface area (Å²) in [5.74, 6) is -0.937. The van der Waals surface area contributed by atoms with Gasteiger partial charge in [0.05, 0.1) is 11.6 Å². The van der Waals surface area contributed by atoms with E-state index in [0.717, 1.165) is 12.1 Å². The van der Waals surface area contributed by atoms with Gasteiger partial charge in [-0.3, -0.25) is 14.4 Å². The summed E-state index contributed by atoms with van der Waals surface area (Å²) in [6.07, 6.45) is -3.57. The standard InChI is InChI=1S/C23H23ClF3N3O3/c24-18-8-6-15(7-9-18)22(33)28-11-10-20(31)29-19(14-30-12-2-5-21(30)32)16-3-1-4-17(13-16)23(25,26)27/h1,3-4,6-9,13,19H,2,5,10-12,14H2,(H,28,33)(H,29,31). The summed E-state index contributed by atoms with van der Waals surface area (Å²) in [5, 5.41) is 5.82. The van der Waals surface area contributed by atoms with Crippen molar-refractivity contribution in [1.82, 2.24) is 15.5 Å². The Labute approximate surface area is 194 Å². The third kappa shape index (κ3) is 6.95. The number of benzene rings is 2. The van der Waals surface area contributed by atoms with Crippen molar-refractivity contribution in [2.45, 2.75) is 31.5 Å². The van der Waals surface area contributed by atoms with Gasteiger partial charge in [0, 0.05) is 43.1 Å². The molecule has 33 heavy (non-hydrogen) atoms. The first kappa shape index (κ1) is 24.6. The minimum atomic E-state index is -4.53. The molecule has 10 heteroatoms. The van der Waals surface area contributed by atoms with E-state index in [4.69, 9.17) is 11.6 Å². The number of hydrogen-bond acceptors (Lipinski definition) is 3. The molecule has 1 unspecified atom stereocenters. The predicted octanol–water partition coefficient (Wildman–Crippen LogP) is 3.96. The van der Waals surface area contributed by atoms with Crippen LogP contribution < -0.4 is 10.6 Å². The van der Waals surface area contributed by atoms with Crippen molar-refractivity contribution in [1.29, 1.82) is 0 Å². The second kappa shape index (κ2) is 10.7. The maximum Gasteiger partial charge on any atom is 0.416 e. The van der Waals surface area contributed by atoms with E-state index in [2.05, 4.69) is 10.6 Å². The Kier molecular flexibility index (Phi) is 7.97. The highest BCUT2D eigenvalue weighted by atomic mass is 35.5. The summed E-state index contributed by atoms with van der Waals surface area (Å²) >= 11 is 5.79. The van der Waals surface area contributed by atoms with Crippen LogP contribution in [-0.2, 0) is 15.8 Å². The van der Waals surface area contributed by atoms with Crippen LogP contribution in [0.3, 0.4) is 0 Å². The fourth-order valence-electron chi connectivity index (χ4n) is 3.54. The topological polar surface area (TPSA) is 78.5 Å². The summed E-state index contributed by atoms with van der Waals surface area (Å²) in [7, 11) is 0. The number of rotatable bonds is 8. The minimum Gasteiger partial charge on any atom is -0.352 e. The Morgan fingerprint density at radius 3 is 2.48 bits per heavy atom. The number of carbonyl (C=O) groups excluding carboxylic acids is 3. The van der Waals surface area contributed by atoms with E-state index in [0.29, 0.717) is 30.0 Å². The lowest BCUT2D eigenvalue weighted by Crippen LogP contribution is -2.39. The SMILES string of the molecule is O=C(CCNC(=O)c1ccc(Cl)cc1)NC(CN1CCCC1=O)c1cccc(C(F)(F)F)c1. The molecular formula is C23H23ClF3N3O3. The quantitative estimate of drug-likeness (QED) is 0.599. The number of alkyl halides is 3. The summed E-state index contributed by atoms with van der Waals surface area (Å²) in [4.78, 5) is 38.2. The zero-order valence-electron chi connectivity index (χ0n) is 17.6. The van der Waals surface area contributed by atoms with Gasteiger partial charge in [-0.25, -0.2) is 0 Å². The van der Waals surface area contributed by atoms with Gasteiger partial charge >= 0.3 is 6.18 Å². The van der Waals surface area contributed by atoms with Crippen LogP contribution >= 0.6 is 11.6 Å². The number of amides is 3. The highest BCUT2D eigenvalue weighted by Gasteiger charge is 2.32. The average Bonchev–Trinajstić information content (AvgIpc) is 3.17. The molecule has 6 nitrogen and oxygen atoms in total. The van der Waals surface area contributed by atoms with Crippen LogP contribution in [0.25, 0.3) is 0 Å². The highest BCUT2D eigenvalue weighted by molar-refractivity contribution is 6.30. The van der Waals surface area contributed by atoms with Crippen molar-refractivity contribution in [3.8, 4) is 0 Å². The molecule has 2 aromatic rings. The largest absolute Gasteiger partial charge is 0.416 e. The highest BCUT2D eigenvalue weighted by Crippen LogP contribution is 2.31. The van der Waals surface area contributed by atoms with Gasteiger partial charge in [0.15, 0.2) is 0 Å². The zero-order valence-corrected chi connectivity index (χ0v) is 18.4. The summed E-state index contributed by atoms with van der Waals surface area (Å²) < 4.78 is 39.5. The van der Waals surface area contributed by atoms with E-state index in [-0.39, 0.29) is 36.9 Å². The number of likely N-dealkylation sites (tertiary alicyclic amines) is 1. The van der Waals surface area contributed by atoms with Crippen LogP contribution in [0, 0.1) is 0 Å². The van der Waals surface area contributed by atoms with Gasteiger partial charge in [0.25, 0.3) is 5.91 Å². The molecule has 0 spiro atoms. The lowest BCUT2D eigenvalue weighted by Gasteiger charge is -2.26. The van der Waals surface area contributed by atoms with Crippen LogP contribution in [-0.4, -0.2) is 42.3 Å². The molecule has 2 aromatic carbocycles. The molecule has 0 bridgehead atoms. The first-order valence-electron chi connectivity index (χ1n) is 10.4. The van der Waals surface area contributed by atoms with Crippen LogP contribution in [0.1, 0.15) is 46.8 Å². The van der Waals surface area contributed by atoms with Gasteiger partial charge in [-0.15, -0.1) is 0 Å². The van der Waals surface area contributed by atoms with Gasteiger partial charge < -0.3 is 15.5 Å².